The Morgan fingerprint density at radius 2 is 1.88 bits per heavy atom. The molecule has 7 heteroatoms. The number of hydrogen-bond donors (Lipinski definition) is 2. The molecule has 0 unspecified atom stereocenters. The number of hydrazone groups is 1. The predicted molar refractivity (Wildman–Crippen MR) is 98.4 cm³/mol. The monoisotopic (exact) mass is 362 g/mol. The first-order chi connectivity index (χ1) is 11.9. The zero-order valence-electron chi connectivity index (χ0n) is 14.2. The lowest BCUT2D eigenvalue weighted by atomic mass is 10.1. The van der Waals surface area contributed by atoms with Crippen LogP contribution in [0, 0.1) is 0 Å². The van der Waals surface area contributed by atoms with Crippen LogP contribution in [0.3, 0.4) is 0 Å². The summed E-state index contributed by atoms with van der Waals surface area (Å²) in [7, 11) is 3.17. The summed E-state index contributed by atoms with van der Waals surface area (Å²) in [5.74, 6) is 0.292. The van der Waals surface area contributed by atoms with E-state index in [1.165, 1.54) is 18.2 Å². The molecule has 0 saturated heterocycles. The van der Waals surface area contributed by atoms with Gasteiger partial charge in [0, 0.05) is 12.1 Å². The highest BCUT2D eigenvalue weighted by atomic mass is 35.5. The molecule has 0 aliphatic rings. The number of nitrogens with one attached hydrogen (secondary N) is 1. The number of aromatic carboxylic acids is 1. The van der Waals surface area contributed by atoms with Gasteiger partial charge in [0.2, 0.25) is 0 Å². The summed E-state index contributed by atoms with van der Waals surface area (Å²) in [6, 6.07) is 10.1. The summed E-state index contributed by atoms with van der Waals surface area (Å²) in [5.41, 5.74) is 5.19. The van der Waals surface area contributed by atoms with Crippen LogP contribution in [-0.2, 0) is 6.42 Å². The van der Waals surface area contributed by atoms with Crippen LogP contribution in [0.1, 0.15) is 22.8 Å². The first-order valence-electron chi connectivity index (χ1n) is 7.47. The fourth-order valence-electron chi connectivity index (χ4n) is 2.23. The molecule has 2 aromatic carbocycles. The van der Waals surface area contributed by atoms with Crippen molar-refractivity contribution in [3.05, 3.63) is 52.5 Å². The summed E-state index contributed by atoms with van der Waals surface area (Å²) in [4.78, 5) is 11.0. The highest BCUT2D eigenvalue weighted by molar-refractivity contribution is 6.33. The van der Waals surface area contributed by atoms with Gasteiger partial charge in [-0.15, -0.1) is 0 Å². The Kier molecular flexibility index (Phi) is 6.25. The van der Waals surface area contributed by atoms with E-state index in [4.69, 9.17) is 26.2 Å². The van der Waals surface area contributed by atoms with Gasteiger partial charge in [0.25, 0.3) is 0 Å². The Morgan fingerprint density at radius 1 is 1.16 bits per heavy atom. The van der Waals surface area contributed by atoms with E-state index in [-0.39, 0.29) is 5.56 Å². The van der Waals surface area contributed by atoms with Crippen molar-refractivity contribution in [3.63, 3.8) is 0 Å². The molecular formula is C18H19ClN2O4. The number of rotatable bonds is 7. The number of carboxylic acid groups (broad SMARTS) is 1. The second-order valence-electron chi connectivity index (χ2n) is 5.32. The third kappa shape index (κ3) is 4.87. The molecule has 0 atom stereocenters. The molecule has 0 aliphatic carbocycles. The minimum Gasteiger partial charge on any atom is -0.493 e. The van der Waals surface area contributed by atoms with E-state index in [0.717, 1.165) is 11.3 Å². The van der Waals surface area contributed by atoms with Crippen molar-refractivity contribution in [1.29, 1.82) is 0 Å². The molecule has 0 fully saturated rings. The molecule has 132 valence electrons. The fraction of sp³-hybridized carbons (Fsp3) is 0.222. The van der Waals surface area contributed by atoms with Crippen LogP contribution in [0.15, 0.2) is 41.5 Å². The number of methoxy groups -OCH3 is 2. The molecule has 2 aromatic rings. The molecule has 0 amide bonds. The molecule has 2 N–H and O–H groups in total. The number of ether oxygens (including phenoxy) is 2. The molecule has 0 bridgehead atoms. The smallest absolute Gasteiger partial charge is 0.335 e. The normalized spacial score (nSPS) is 11.1. The van der Waals surface area contributed by atoms with E-state index < -0.39 is 5.97 Å². The molecule has 0 saturated carbocycles. The Hall–Kier alpha value is -2.73. The van der Waals surface area contributed by atoms with Gasteiger partial charge in [0.15, 0.2) is 11.5 Å². The van der Waals surface area contributed by atoms with Gasteiger partial charge in [0.1, 0.15) is 0 Å². The summed E-state index contributed by atoms with van der Waals surface area (Å²) in [6.07, 6.45) is 0.587. The Bertz CT molecular complexity index is 806. The molecule has 0 spiro atoms. The maximum absolute atomic E-state index is 11.0. The van der Waals surface area contributed by atoms with Crippen molar-refractivity contribution in [2.75, 3.05) is 19.6 Å². The number of carbonyl (C=O) groups is 1. The van der Waals surface area contributed by atoms with Crippen LogP contribution in [0.4, 0.5) is 5.69 Å². The van der Waals surface area contributed by atoms with Gasteiger partial charge in [-0.05, 0) is 42.8 Å². The van der Waals surface area contributed by atoms with E-state index in [2.05, 4.69) is 10.5 Å². The molecule has 0 aromatic heterocycles. The lowest BCUT2D eigenvalue weighted by molar-refractivity contribution is 0.0697. The van der Waals surface area contributed by atoms with E-state index >= 15 is 0 Å². The van der Waals surface area contributed by atoms with E-state index in [1.807, 2.05) is 25.1 Å². The van der Waals surface area contributed by atoms with Crippen LogP contribution >= 0.6 is 11.6 Å². The van der Waals surface area contributed by atoms with Gasteiger partial charge in [0.05, 0.1) is 30.5 Å². The lowest BCUT2D eigenvalue weighted by Crippen LogP contribution is -2.04. The third-order valence-corrected chi connectivity index (χ3v) is 3.82. The number of anilines is 1. The highest BCUT2D eigenvalue weighted by Crippen LogP contribution is 2.28. The average molecular weight is 363 g/mol. The van der Waals surface area contributed by atoms with Crippen LogP contribution in [0.5, 0.6) is 11.5 Å². The number of carboxylic acids is 1. The molecule has 25 heavy (non-hydrogen) atoms. The number of hydrogen-bond acceptors (Lipinski definition) is 5. The Labute approximate surface area is 151 Å². The van der Waals surface area contributed by atoms with Crippen molar-refractivity contribution in [2.24, 2.45) is 5.10 Å². The first-order valence-corrected chi connectivity index (χ1v) is 7.85. The maximum atomic E-state index is 11.0. The molecular weight excluding hydrogens is 344 g/mol. The minimum atomic E-state index is -1.02. The second-order valence-corrected chi connectivity index (χ2v) is 5.73. The van der Waals surface area contributed by atoms with Crippen LogP contribution < -0.4 is 14.9 Å². The summed E-state index contributed by atoms with van der Waals surface area (Å²) >= 11 is 6.06. The van der Waals surface area contributed by atoms with Gasteiger partial charge in [-0.1, -0.05) is 17.7 Å². The molecule has 0 radical (unpaired) electrons. The summed E-state index contributed by atoms with van der Waals surface area (Å²) < 4.78 is 10.5. The van der Waals surface area contributed by atoms with Crippen LogP contribution in [0.25, 0.3) is 0 Å². The number of benzene rings is 2. The quantitative estimate of drug-likeness (QED) is 0.573. The van der Waals surface area contributed by atoms with E-state index in [1.54, 1.807) is 14.2 Å². The topological polar surface area (TPSA) is 80.2 Å². The van der Waals surface area contributed by atoms with Gasteiger partial charge >= 0.3 is 5.97 Å². The zero-order chi connectivity index (χ0) is 18.4. The largest absolute Gasteiger partial charge is 0.493 e. The SMILES string of the molecule is COc1ccc(C/C(C)=N\Nc2cc(C(=O)O)ccc2Cl)cc1OC. The van der Waals surface area contributed by atoms with Crippen molar-refractivity contribution >= 4 is 29.0 Å². The molecule has 0 heterocycles. The van der Waals surface area contributed by atoms with Crippen molar-refractivity contribution < 1.29 is 19.4 Å². The predicted octanol–water partition coefficient (Wildman–Crippen LogP) is 4.09. The second kappa shape index (κ2) is 8.39. The van der Waals surface area contributed by atoms with Crippen LogP contribution in [-0.4, -0.2) is 31.0 Å². The van der Waals surface area contributed by atoms with Crippen LogP contribution in [0.2, 0.25) is 5.02 Å². The average Bonchev–Trinajstić information content (AvgIpc) is 2.60. The maximum Gasteiger partial charge on any atom is 0.335 e. The van der Waals surface area contributed by atoms with Crippen molar-refractivity contribution in [3.8, 4) is 11.5 Å². The van der Waals surface area contributed by atoms with Gasteiger partial charge in [-0.25, -0.2) is 4.79 Å². The van der Waals surface area contributed by atoms with E-state index in [0.29, 0.717) is 28.6 Å². The van der Waals surface area contributed by atoms with Gasteiger partial charge < -0.3 is 14.6 Å². The first kappa shape index (κ1) is 18.6. The van der Waals surface area contributed by atoms with Gasteiger partial charge in [-0.3, -0.25) is 5.43 Å². The number of halogens is 1. The van der Waals surface area contributed by atoms with Crippen molar-refractivity contribution in [2.45, 2.75) is 13.3 Å². The molecule has 2 rings (SSSR count). The fourth-order valence-corrected chi connectivity index (χ4v) is 2.38. The number of nitrogens with zero attached hydrogens (tertiary/aromatic N) is 1. The summed E-state index contributed by atoms with van der Waals surface area (Å²) in [6.45, 7) is 1.86. The Morgan fingerprint density at radius 3 is 2.52 bits per heavy atom. The van der Waals surface area contributed by atoms with Crippen molar-refractivity contribution in [1.82, 2.24) is 0 Å². The summed E-state index contributed by atoms with van der Waals surface area (Å²) in [5, 5.41) is 13.7. The van der Waals surface area contributed by atoms with Gasteiger partial charge in [-0.2, -0.15) is 5.10 Å². The van der Waals surface area contributed by atoms with E-state index in [9.17, 15) is 4.79 Å². The zero-order valence-corrected chi connectivity index (χ0v) is 14.9. The molecule has 0 aliphatic heterocycles. The minimum absolute atomic E-state index is 0.139. The Balaban J connectivity index is 2.12. The molecule has 6 nitrogen and oxygen atoms in total. The lowest BCUT2D eigenvalue weighted by Gasteiger charge is -2.10. The standard InChI is InChI=1S/C18H19ClN2O4/c1-11(8-12-4-7-16(24-2)17(9-12)25-3)20-21-15-10-13(18(22)23)5-6-14(15)19/h4-7,9-10,21H,8H2,1-3H3,(H,22,23)/b20-11-. The third-order valence-electron chi connectivity index (χ3n) is 3.49. The highest BCUT2D eigenvalue weighted by Gasteiger charge is 2.08.